The average molecular weight is 225 g/mol. The number of nitrogens with two attached hydrogens (primary N) is 2. The van der Waals surface area contributed by atoms with E-state index in [-0.39, 0.29) is 5.95 Å². The zero-order chi connectivity index (χ0) is 10.8. The van der Waals surface area contributed by atoms with Gasteiger partial charge in [-0.2, -0.15) is 21.7 Å². The summed E-state index contributed by atoms with van der Waals surface area (Å²) < 4.78 is 0. The SMILES string of the molecule is CC1CN(c2cc(N)nc(N)n2)CCS1. The molecule has 82 valence electrons. The molecule has 0 amide bonds. The van der Waals surface area contributed by atoms with Gasteiger partial charge in [0.25, 0.3) is 0 Å². The summed E-state index contributed by atoms with van der Waals surface area (Å²) in [6.45, 7) is 4.19. The Labute approximate surface area is 93.3 Å². The molecule has 0 aromatic carbocycles. The predicted octanol–water partition coefficient (Wildman–Crippen LogP) is 0.583. The van der Waals surface area contributed by atoms with Gasteiger partial charge in [0.15, 0.2) is 0 Å². The highest BCUT2D eigenvalue weighted by molar-refractivity contribution is 8.00. The fourth-order valence-electron chi connectivity index (χ4n) is 1.66. The molecule has 1 aliphatic heterocycles. The summed E-state index contributed by atoms with van der Waals surface area (Å²) in [5.74, 6) is 2.64. The van der Waals surface area contributed by atoms with Gasteiger partial charge >= 0.3 is 0 Å². The van der Waals surface area contributed by atoms with Crippen LogP contribution in [0.15, 0.2) is 6.07 Å². The van der Waals surface area contributed by atoms with Crippen molar-refractivity contribution in [2.24, 2.45) is 0 Å². The Balaban J connectivity index is 2.20. The van der Waals surface area contributed by atoms with Gasteiger partial charge in [-0.3, -0.25) is 0 Å². The average Bonchev–Trinajstić information content (AvgIpc) is 2.16. The van der Waals surface area contributed by atoms with Gasteiger partial charge in [0, 0.05) is 30.2 Å². The summed E-state index contributed by atoms with van der Waals surface area (Å²) in [6, 6.07) is 1.78. The van der Waals surface area contributed by atoms with Gasteiger partial charge in [0.2, 0.25) is 5.95 Å². The molecule has 4 N–H and O–H groups in total. The van der Waals surface area contributed by atoms with Crippen molar-refractivity contribution in [3.63, 3.8) is 0 Å². The number of aromatic nitrogens is 2. The number of thioether (sulfide) groups is 1. The van der Waals surface area contributed by atoms with E-state index in [0.717, 1.165) is 24.7 Å². The summed E-state index contributed by atoms with van der Waals surface area (Å²) in [6.07, 6.45) is 0. The Morgan fingerprint density at radius 1 is 1.47 bits per heavy atom. The van der Waals surface area contributed by atoms with Crippen molar-refractivity contribution in [3.05, 3.63) is 6.07 Å². The highest BCUT2D eigenvalue weighted by Crippen LogP contribution is 2.23. The molecule has 5 nitrogen and oxygen atoms in total. The number of nitrogen functional groups attached to an aromatic ring is 2. The van der Waals surface area contributed by atoms with Crippen molar-refractivity contribution >= 4 is 29.3 Å². The van der Waals surface area contributed by atoms with Gasteiger partial charge in [0.1, 0.15) is 11.6 Å². The van der Waals surface area contributed by atoms with Crippen LogP contribution in [0.4, 0.5) is 17.6 Å². The van der Waals surface area contributed by atoms with Crippen LogP contribution in [0.1, 0.15) is 6.92 Å². The van der Waals surface area contributed by atoms with E-state index in [1.807, 2.05) is 11.8 Å². The molecular weight excluding hydrogens is 210 g/mol. The Kier molecular flexibility index (Phi) is 2.86. The molecule has 0 spiro atoms. The van der Waals surface area contributed by atoms with Gasteiger partial charge in [-0.15, -0.1) is 0 Å². The molecule has 0 bridgehead atoms. The number of rotatable bonds is 1. The molecule has 1 atom stereocenters. The second-order valence-corrected chi connectivity index (χ2v) is 5.18. The van der Waals surface area contributed by atoms with E-state index in [2.05, 4.69) is 21.8 Å². The zero-order valence-corrected chi connectivity index (χ0v) is 9.50. The van der Waals surface area contributed by atoms with Crippen molar-refractivity contribution in [3.8, 4) is 0 Å². The third-order valence-corrected chi connectivity index (χ3v) is 3.45. The van der Waals surface area contributed by atoms with E-state index in [1.165, 1.54) is 0 Å². The van der Waals surface area contributed by atoms with E-state index in [1.54, 1.807) is 6.07 Å². The van der Waals surface area contributed by atoms with E-state index >= 15 is 0 Å². The standard InChI is InChI=1S/C9H15N5S/c1-6-5-14(2-3-15-6)8-4-7(10)12-9(11)13-8/h4,6H,2-3,5H2,1H3,(H4,10,11,12,13). The first-order valence-electron chi connectivity index (χ1n) is 4.92. The van der Waals surface area contributed by atoms with E-state index in [9.17, 15) is 0 Å². The Morgan fingerprint density at radius 2 is 2.27 bits per heavy atom. The summed E-state index contributed by atoms with van der Waals surface area (Å²) in [5.41, 5.74) is 11.2. The van der Waals surface area contributed by atoms with Crippen molar-refractivity contribution in [1.82, 2.24) is 9.97 Å². The lowest BCUT2D eigenvalue weighted by Crippen LogP contribution is -2.37. The van der Waals surface area contributed by atoms with Gasteiger partial charge < -0.3 is 16.4 Å². The smallest absolute Gasteiger partial charge is 0.223 e. The molecule has 2 heterocycles. The van der Waals surface area contributed by atoms with Gasteiger partial charge in [-0.1, -0.05) is 6.92 Å². The molecule has 6 heteroatoms. The second-order valence-electron chi connectivity index (χ2n) is 3.64. The molecule has 2 rings (SSSR count). The highest BCUT2D eigenvalue weighted by Gasteiger charge is 2.18. The third kappa shape index (κ3) is 2.44. The van der Waals surface area contributed by atoms with Crippen LogP contribution in [0.3, 0.4) is 0 Å². The molecule has 0 aliphatic carbocycles. The minimum absolute atomic E-state index is 0.246. The molecule has 1 fully saturated rings. The molecule has 1 aromatic rings. The summed E-state index contributed by atoms with van der Waals surface area (Å²) in [4.78, 5) is 10.3. The van der Waals surface area contributed by atoms with Crippen LogP contribution in [-0.4, -0.2) is 34.1 Å². The summed E-state index contributed by atoms with van der Waals surface area (Å²) in [7, 11) is 0. The second kappa shape index (κ2) is 4.14. The molecule has 15 heavy (non-hydrogen) atoms. The van der Waals surface area contributed by atoms with Gasteiger partial charge in [-0.05, 0) is 0 Å². The maximum atomic E-state index is 5.64. The minimum Gasteiger partial charge on any atom is -0.383 e. The molecule has 0 saturated carbocycles. The van der Waals surface area contributed by atoms with Crippen molar-refractivity contribution in [2.75, 3.05) is 35.2 Å². The quantitative estimate of drug-likeness (QED) is 0.727. The van der Waals surface area contributed by atoms with E-state index in [4.69, 9.17) is 11.5 Å². The van der Waals surface area contributed by atoms with Crippen LogP contribution in [0.2, 0.25) is 0 Å². The maximum absolute atomic E-state index is 5.64. The lowest BCUT2D eigenvalue weighted by atomic mass is 10.3. The number of hydrogen-bond donors (Lipinski definition) is 2. The van der Waals surface area contributed by atoms with Gasteiger partial charge in [-0.25, -0.2) is 0 Å². The molecule has 1 aromatic heterocycles. The fraction of sp³-hybridized carbons (Fsp3) is 0.556. The molecule has 1 unspecified atom stereocenters. The largest absolute Gasteiger partial charge is 0.383 e. The van der Waals surface area contributed by atoms with Crippen LogP contribution in [0, 0.1) is 0 Å². The molecule has 1 aliphatic rings. The first kappa shape index (κ1) is 10.4. The summed E-state index contributed by atoms with van der Waals surface area (Å²) >= 11 is 1.98. The molecule has 1 saturated heterocycles. The van der Waals surface area contributed by atoms with Crippen molar-refractivity contribution < 1.29 is 0 Å². The first-order valence-corrected chi connectivity index (χ1v) is 5.96. The van der Waals surface area contributed by atoms with Crippen LogP contribution < -0.4 is 16.4 Å². The van der Waals surface area contributed by atoms with Crippen LogP contribution in [0.5, 0.6) is 0 Å². The van der Waals surface area contributed by atoms with Crippen molar-refractivity contribution in [2.45, 2.75) is 12.2 Å². The van der Waals surface area contributed by atoms with Gasteiger partial charge in [0.05, 0.1) is 0 Å². The number of nitrogens with zero attached hydrogens (tertiary/aromatic N) is 3. The lowest BCUT2D eigenvalue weighted by molar-refractivity contribution is 0.769. The minimum atomic E-state index is 0.246. The Morgan fingerprint density at radius 3 is 2.93 bits per heavy atom. The number of anilines is 3. The highest BCUT2D eigenvalue weighted by atomic mass is 32.2. The lowest BCUT2D eigenvalue weighted by Gasteiger charge is -2.31. The zero-order valence-electron chi connectivity index (χ0n) is 8.68. The fourth-order valence-corrected chi connectivity index (χ4v) is 2.67. The monoisotopic (exact) mass is 225 g/mol. The Hall–Kier alpha value is -1.17. The first-order chi connectivity index (χ1) is 7.15. The van der Waals surface area contributed by atoms with Crippen LogP contribution >= 0.6 is 11.8 Å². The molecular formula is C9H15N5S. The Bertz CT molecular complexity index is 336. The number of hydrogen-bond acceptors (Lipinski definition) is 6. The maximum Gasteiger partial charge on any atom is 0.223 e. The summed E-state index contributed by atoms with van der Waals surface area (Å²) in [5, 5.41) is 0.621. The third-order valence-electron chi connectivity index (χ3n) is 2.31. The van der Waals surface area contributed by atoms with Crippen molar-refractivity contribution in [1.29, 1.82) is 0 Å². The van der Waals surface area contributed by atoms with Crippen LogP contribution in [0.25, 0.3) is 0 Å². The molecule has 0 radical (unpaired) electrons. The van der Waals surface area contributed by atoms with E-state index < -0.39 is 0 Å². The normalized spacial score (nSPS) is 21.7. The topological polar surface area (TPSA) is 81.1 Å². The van der Waals surface area contributed by atoms with E-state index in [0.29, 0.717) is 11.1 Å². The predicted molar refractivity (Wildman–Crippen MR) is 65.0 cm³/mol. The van der Waals surface area contributed by atoms with Crippen LogP contribution in [-0.2, 0) is 0 Å².